The number of hydrogen-bond donors (Lipinski definition) is 1. The second-order valence-electron chi connectivity index (χ2n) is 5.10. The molecule has 0 aliphatic heterocycles. The lowest BCUT2D eigenvalue weighted by Gasteiger charge is -2.23. The highest BCUT2D eigenvalue weighted by atomic mass is 32.1. The smallest absolute Gasteiger partial charge is 0.110 e. The first-order valence-electron chi connectivity index (χ1n) is 7.32. The molecule has 0 bridgehead atoms. The summed E-state index contributed by atoms with van der Waals surface area (Å²) >= 11 is 1.84. The maximum Gasteiger partial charge on any atom is 0.110 e. The van der Waals surface area contributed by atoms with Gasteiger partial charge in [0.2, 0.25) is 0 Å². The van der Waals surface area contributed by atoms with Crippen molar-refractivity contribution in [1.82, 2.24) is 10.3 Å². The molecule has 0 saturated heterocycles. The van der Waals surface area contributed by atoms with Crippen LogP contribution in [0.2, 0.25) is 0 Å². The number of methoxy groups -OCH3 is 1. The Morgan fingerprint density at radius 1 is 1.37 bits per heavy atom. The van der Waals surface area contributed by atoms with Crippen LogP contribution in [0.4, 0.5) is 0 Å². The van der Waals surface area contributed by atoms with E-state index in [0.717, 1.165) is 19.6 Å². The molecule has 0 radical (unpaired) electrons. The molecule has 0 aliphatic carbocycles. The highest BCUT2D eigenvalue weighted by molar-refractivity contribution is 7.11. The third-order valence-electron chi connectivity index (χ3n) is 3.49. The number of aromatic nitrogens is 1. The van der Waals surface area contributed by atoms with Crippen LogP contribution in [-0.4, -0.2) is 25.2 Å². The Hall–Kier alpha value is -0.450. The largest absolute Gasteiger partial charge is 0.383 e. The molecule has 0 amide bonds. The Balaban J connectivity index is 2.80. The zero-order valence-corrected chi connectivity index (χ0v) is 13.8. The fourth-order valence-electron chi connectivity index (χ4n) is 2.38. The predicted molar refractivity (Wildman–Crippen MR) is 82.9 cm³/mol. The molecule has 19 heavy (non-hydrogen) atoms. The third-order valence-corrected chi connectivity index (χ3v) is 4.59. The van der Waals surface area contributed by atoms with E-state index >= 15 is 0 Å². The van der Waals surface area contributed by atoms with E-state index in [9.17, 15) is 0 Å². The summed E-state index contributed by atoms with van der Waals surface area (Å²) < 4.78 is 5.14. The third kappa shape index (κ3) is 4.86. The molecule has 0 spiro atoms. The molecule has 2 unspecified atom stereocenters. The molecule has 0 saturated carbocycles. The van der Waals surface area contributed by atoms with Crippen molar-refractivity contribution in [2.75, 3.05) is 20.3 Å². The van der Waals surface area contributed by atoms with E-state index in [1.807, 2.05) is 11.3 Å². The van der Waals surface area contributed by atoms with Crippen molar-refractivity contribution in [3.63, 3.8) is 0 Å². The predicted octanol–water partition coefficient (Wildman–Crippen LogP) is 3.73. The second kappa shape index (κ2) is 8.67. The van der Waals surface area contributed by atoms with Crippen LogP contribution in [0.25, 0.3) is 0 Å². The lowest BCUT2D eigenvalue weighted by atomic mass is 9.97. The van der Waals surface area contributed by atoms with E-state index in [2.05, 4.69) is 33.0 Å². The Morgan fingerprint density at radius 3 is 2.63 bits per heavy atom. The molecule has 1 aromatic rings. The lowest BCUT2D eigenvalue weighted by molar-refractivity contribution is 0.190. The SMILES string of the molecule is CCCC(C)C(NCCOC)c1nc(CC)c(C)s1. The quantitative estimate of drug-likeness (QED) is 0.702. The zero-order chi connectivity index (χ0) is 14.3. The maximum atomic E-state index is 5.14. The van der Waals surface area contributed by atoms with Crippen molar-refractivity contribution in [3.8, 4) is 0 Å². The fraction of sp³-hybridized carbons (Fsp3) is 0.800. The van der Waals surface area contributed by atoms with E-state index in [4.69, 9.17) is 9.72 Å². The van der Waals surface area contributed by atoms with Crippen molar-refractivity contribution in [3.05, 3.63) is 15.6 Å². The summed E-state index contributed by atoms with van der Waals surface area (Å²) in [6.07, 6.45) is 3.47. The molecule has 3 nitrogen and oxygen atoms in total. The highest BCUT2D eigenvalue weighted by Crippen LogP contribution is 2.30. The molecular formula is C15H28N2OS. The van der Waals surface area contributed by atoms with Gasteiger partial charge in [0, 0.05) is 18.5 Å². The summed E-state index contributed by atoms with van der Waals surface area (Å²) in [5, 5.41) is 4.85. The summed E-state index contributed by atoms with van der Waals surface area (Å²) in [4.78, 5) is 6.19. The Bertz CT molecular complexity index is 365. The molecule has 4 heteroatoms. The summed E-state index contributed by atoms with van der Waals surface area (Å²) in [6.45, 7) is 10.5. The van der Waals surface area contributed by atoms with Crippen LogP contribution in [-0.2, 0) is 11.2 Å². The molecule has 1 rings (SSSR count). The Kier molecular flexibility index (Phi) is 7.57. The van der Waals surface area contributed by atoms with Gasteiger partial charge >= 0.3 is 0 Å². The van der Waals surface area contributed by atoms with Gasteiger partial charge in [0.1, 0.15) is 5.01 Å². The van der Waals surface area contributed by atoms with Crippen molar-refractivity contribution in [1.29, 1.82) is 0 Å². The fourth-order valence-corrected chi connectivity index (χ4v) is 3.60. The summed E-state index contributed by atoms with van der Waals surface area (Å²) in [5.74, 6) is 0.608. The summed E-state index contributed by atoms with van der Waals surface area (Å²) in [6, 6.07) is 0.360. The summed E-state index contributed by atoms with van der Waals surface area (Å²) in [7, 11) is 1.74. The molecule has 1 N–H and O–H groups in total. The number of ether oxygens (including phenoxy) is 1. The van der Waals surface area contributed by atoms with E-state index in [-0.39, 0.29) is 0 Å². The monoisotopic (exact) mass is 284 g/mol. The highest BCUT2D eigenvalue weighted by Gasteiger charge is 2.22. The van der Waals surface area contributed by atoms with Gasteiger partial charge in [-0.25, -0.2) is 4.98 Å². The topological polar surface area (TPSA) is 34.1 Å². The lowest BCUT2D eigenvalue weighted by Crippen LogP contribution is -2.29. The van der Waals surface area contributed by atoms with Crippen LogP contribution in [0, 0.1) is 12.8 Å². The van der Waals surface area contributed by atoms with Crippen LogP contribution < -0.4 is 5.32 Å². The van der Waals surface area contributed by atoms with E-state index in [1.54, 1.807) is 7.11 Å². The molecule has 0 aliphatic rings. The average molecular weight is 284 g/mol. The van der Waals surface area contributed by atoms with Crippen LogP contribution in [0.5, 0.6) is 0 Å². The number of aryl methyl sites for hydroxylation is 2. The number of hydrogen-bond acceptors (Lipinski definition) is 4. The van der Waals surface area contributed by atoms with Crippen molar-refractivity contribution in [2.45, 2.75) is 53.0 Å². The second-order valence-corrected chi connectivity index (χ2v) is 6.33. The van der Waals surface area contributed by atoms with Gasteiger partial charge < -0.3 is 10.1 Å². The van der Waals surface area contributed by atoms with Crippen LogP contribution in [0.3, 0.4) is 0 Å². The van der Waals surface area contributed by atoms with Gasteiger partial charge in [-0.05, 0) is 25.7 Å². The zero-order valence-electron chi connectivity index (χ0n) is 13.0. The maximum absolute atomic E-state index is 5.14. The molecular weight excluding hydrogens is 256 g/mol. The normalized spacial score (nSPS) is 14.6. The first-order valence-corrected chi connectivity index (χ1v) is 8.14. The van der Waals surface area contributed by atoms with Crippen molar-refractivity contribution >= 4 is 11.3 Å². The molecule has 110 valence electrons. The van der Waals surface area contributed by atoms with Crippen LogP contribution >= 0.6 is 11.3 Å². The minimum absolute atomic E-state index is 0.360. The van der Waals surface area contributed by atoms with E-state index < -0.39 is 0 Å². The molecule has 2 atom stereocenters. The minimum Gasteiger partial charge on any atom is -0.383 e. The van der Waals surface area contributed by atoms with Gasteiger partial charge in [-0.1, -0.05) is 27.2 Å². The van der Waals surface area contributed by atoms with Crippen LogP contribution in [0.15, 0.2) is 0 Å². The number of nitrogens with one attached hydrogen (secondary N) is 1. The van der Waals surface area contributed by atoms with Crippen molar-refractivity contribution < 1.29 is 4.74 Å². The molecule has 1 aromatic heterocycles. The van der Waals surface area contributed by atoms with Gasteiger partial charge in [-0.2, -0.15) is 0 Å². The van der Waals surface area contributed by atoms with Gasteiger partial charge in [0.05, 0.1) is 18.3 Å². The number of rotatable bonds is 9. The Labute approximate surface area is 121 Å². The van der Waals surface area contributed by atoms with Crippen molar-refractivity contribution in [2.24, 2.45) is 5.92 Å². The van der Waals surface area contributed by atoms with Gasteiger partial charge in [-0.3, -0.25) is 0 Å². The van der Waals surface area contributed by atoms with Crippen LogP contribution in [0.1, 0.15) is 55.2 Å². The van der Waals surface area contributed by atoms with E-state index in [1.165, 1.54) is 28.4 Å². The van der Waals surface area contributed by atoms with Gasteiger partial charge in [-0.15, -0.1) is 11.3 Å². The summed E-state index contributed by atoms with van der Waals surface area (Å²) in [5.41, 5.74) is 1.25. The van der Waals surface area contributed by atoms with Gasteiger partial charge in [0.25, 0.3) is 0 Å². The average Bonchev–Trinajstić information content (AvgIpc) is 2.76. The number of thiazole rings is 1. The number of nitrogens with zero attached hydrogens (tertiary/aromatic N) is 1. The molecule has 0 fully saturated rings. The minimum atomic E-state index is 0.360. The van der Waals surface area contributed by atoms with E-state index in [0.29, 0.717) is 12.0 Å². The van der Waals surface area contributed by atoms with Gasteiger partial charge in [0.15, 0.2) is 0 Å². The first kappa shape index (κ1) is 16.6. The Morgan fingerprint density at radius 2 is 2.11 bits per heavy atom. The standard InChI is InChI=1S/C15H28N2OS/c1-6-8-11(3)14(16-9-10-18-5)15-17-13(7-2)12(4)19-15/h11,14,16H,6-10H2,1-5H3. The first-order chi connectivity index (χ1) is 9.13. The molecule has 0 aromatic carbocycles. The molecule has 1 heterocycles.